The van der Waals surface area contributed by atoms with Crippen molar-refractivity contribution in [3.05, 3.63) is 59.4 Å². The molecule has 23 heavy (non-hydrogen) atoms. The van der Waals surface area contributed by atoms with Crippen molar-refractivity contribution >= 4 is 5.91 Å². The number of likely N-dealkylation sites (tertiary alicyclic amines) is 1. The van der Waals surface area contributed by atoms with Crippen LogP contribution < -0.4 is 0 Å². The molecule has 0 unspecified atom stereocenters. The summed E-state index contributed by atoms with van der Waals surface area (Å²) in [5, 5.41) is 0. The van der Waals surface area contributed by atoms with Crippen LogP contribution in [0, 0.1) is 17.6 Å². The first-order valence-electron chi connectivity index (χ1n) is 8.00. The van der Waals surface area contributed by atoms with E-state index in [1.165, 1.54) is 12.1 Å². The predicted octanol–water partition coefficient (Wildman–Crippen LogP) is 3.78. The number of carbonyl (C=O) groups excluding carboxylic acids is 1. The number of rotatable bonds is 4. The molecule has 1 aromatic heterocycles. The third-order valence-electron chi connectivity index (χ3n) is 4.46. The molecule has 0 aliphatic carbocycles. The van der Waals surface area contributed by atoms with Crippen molar-refractivity contribution in [3.63, 3.8) is 0 Å². The molecule has 1 N–H and O–H groups in total. The average Bonchev–Trinajstić information content (AvgIpc) is 3.10. The van der Waals surface area contributed by atoms with Crippen molar-refractivity contribution in [2.24, 2.45) is 5.92 Å². The number of aromatic amines is 1. The molecule has 2 heterocycles. The summed E-state index contributed by atoms with van der Waals surface area (Å²) >= 11 is 0. The van der Waals surface area contributed by atoms with Crippen LogP contribution in [-0.4, -0.2) is 28.9 Å². The number of H-pyrrole nitrogens is 1. The molecule has 0 bridgehead atoms. The first-order chi connectivity index (χ1) is 11.1. The summed E-state index contributed by atoms with van der Waals surface area (Å²) in [6.45, 7) is 1.50. The fraction of sp³-hybridized carbons (Fsp3) is 0.389. The second-order valence-electron chi connectivity index (χ2n) is 6.13. The quantitative estimate of drug-likeness (QED) is 0.915. The first kappa shape index (κ1) is 15.7. The van der Waals surface area contributed by atoms with E-state index in [-0.39, 0.29) is 5.91 Å². The molecule has 0 radical (unpaired) electrons. The lowest BCUT2D eigenvalue weighted by Crippen LogP contribution is -2.40. The second kappa shape index (κ2) is 6.94. The minimum Gasteiger partial charge on any atom is -0.357 e. The minimum atomic E-state index is -0.811. The lowest BCUT2D eigenvalue weighted by atomic mass is 9.91. The van der Waals surface area contributed by atoms with Gasteiger partial charge in [0.15, 0.2) is 11.6 Å². The molecule has 1 aliphatic rings. The van der Waals surface area contributed by atoms with Gasteiger partial charge in [0, 0.05) is 19.3 Å². The molecular formula is C18H20F2N2O. The number of piperidine rings is 1. The summed E-state index contributed by atoms with van der Waals surface area (Å²) in [6, 6.07) is 7.67. The van der Waals surface area contributed by atoms with E-state index in [2.05, 4.69) is 4.98 Å². The zero-order chi connectivity index (χ0) is 16.2. The van der Waals surface area contributed by atoms with Gasteiger partial charge in [-0.3, -0.25) is 4.79 Å². The van der Waals surface area contributed by atoms with Crippen LogP contribution >= 0.6 is 0 Å². The Balaban J connectivity index is 1.56. The molecule has 0 spiro atoms. The average molecular weight is 318 g/mol. The molecule has 1 atom stereocenters. The zero-order valence-corrected chi connectivity index (χ0v) is 12.9. The van der Waals surface area contributed by atoms with E-state index in [4.69, 9.17) is 0 Å². The molecule has 1 saturated heterocycles. The number of nitrogens with one attached hydrogen (secondary N) is 1. The minimum absolute atomic E-state index is 0.0347. The van der Waals surface area contributed by atoms with E-state index in [0.29, 0.717) is 18.0 Å². The molecule has 122 valence electrons. The lowest BCUT2D eigenvalue weighted by Gasteiger charge is -2.32. The van der Waals surface area contributed by atoms with Gasteiger partial charge in [-0.1, -0.05) is 6.07 Å². The lowest BCUT2D eigenvalue weighted by molar-refractivity contribution is 0.0663. The normalized spacial score (nSPS) is 18.2. The summed E-state index contributed by atoms with van der Waals surface area (Å²) < 4.78 is 26.2. The summed E-state index contributed by atoms with van der Waals surface area (Å²) in [6.07, 6.45) is 5.37. The highest BCUT2D eigenvalue weighted by Crippen LogP contribution is 2.23. The van der Waals surface area contributed by atoms with Crippen LogP contribution in [0.5, 0.6) is 0 Å². The number of carbonyl (C=O) groups is 1. The van der Waals surface area contributed by atoms with Crippen LogP contribution in [0.4, 0.5) is 8.78 Å². The second-order valence-corrected chi connectivity index (χ2v) is 6.13. The Kier molecular flexibility index (Phi) is 4.74. The predicted molar refractivity (Wildman–Crippen MR) is 84.1 cm³/mol. The van der Waals surface area contributed by atoms with Gasteiger partial charge in [0.2, 0.25) is 0 Å². The standard InChI is InChI=1S/C18H20F2N2O/c19-15-8-7-13(11-16(15)20)5-6-14-3-2-10-22(12-14)18(23)17-4-1-9-21-17/h1,4,7-9,11,14,21H,2-3,5-6,10,12H2/t14-/m1/s1. The summed E-state index contributed by atoms with van der Waals surface area (Å²) in [7, 11) is 0. The number of halogens is 2. The molecule has 2 aromatic rings. The van der Waals surface area contributed by atoms with Gasteiger partial charge in [0.05, 0.1) is 0 Å². The number of hydrogen-bond donors (Lipinski definition) is 1. The SMILES string of the molecule is O=C(c1ccc[nH]1)N1CCC[C@H](CCc2ccc(F)c(F)c2)C1. The molecule has 3 rings (SSSR count). The highest BCUT2D eigenvalue weighted by atomic mass is 19.2. The molecule has 0 saturated carbocycles. The summed E-state index contributed by atoms with van der Waals surface area (Å²) in [5.41, 5.74) is 1.42. The smallest absolute Gasteiger partial charge is 0.270 e. The van der Waals surface area contributed by atoms with Crippen molar-refractivity contribution in [2.45, 2.75) is 25.7 Å². The van der Waals surface area contributed by atoms with Gasteiger partial charge >= 0.3 is 0 Å². The highest BCUT2D eigenvalue weighted by molar-refractivity contribution is 5.92. The highest BCUT2D eigenvalue weighted by Gasteiger charge is 2.24. The Morgan fingerprint density at radius 2 is 2.13 bits per heavy atom. The largest absolute Gasteiger partial charge is 0.357 e. The van der Waals surface area contributed by atoms with Crippen LogP contribution in [0.2, 0.25) is 0 Å². The van der Waals surface area contributed by atoms with E-state index < -0.39 is 11.6 Å². The number of benzene rings is 1. The van der Waals surface area contributed by atoms with Crippen LogP contribution in [0.3, 0.4) is 0 Å². The maximum Gasteiger partial charge on any atom is 0.270 e. The molecule has 3 nitrogen and oxygen atoms in total. The zero-order valence-electron chi connectivity index (χ0n) is 12.9. The number of nitrogens with zero attached hydrogens (tertiary/aromatic N) is 1. The maximum absolute atomic E-state index is 13.2. The third kappa shape index (κ3) is 3.78. The van der Waals surface area contributed by atoms with E-state index in [9.17, 15) is 13.6 Å². The van der Waals surface area contributed by atoms with Gasteiger partial charge in [-0.05, 0) is 61.4 Å². The van der Waals surface area contributed by atoms with Crippen LogP contribution in [-0.2, 0) is 6.42 Å². The molecule has 1 amide bonds. The van der Waals surface area contributed by atoms with E-state index >= 15 is 0 Å². The van der Waals surface area contributed by atoms with E-state index in [0.717, 1.165) is 37.9 Å². The number of hydrogen-bond acceptors (Lipinski definition) is 1. The van der Waals surface area contributed by atoms with Crippen molar-refractivity contribution in [3.8, 4) is 0 Å². The molecule has 5 heteroatoms. The number of aryl methyl sites for hydroxylation is 1. The maximum atomic E-state index is 13.2. The van der Waals surface area contributed by atoms with Crippen LogP contribution in [0.25, 0.3) is 0 Å². The Labute approximate surface area is 134 Å². The first-order valence-corrected chi connectivity index (χ1v) is 8.00. The van der Waals surface area contributed by atoms with Gasteiger partial charge in [-0.2, -0.15) is 0 Å². The van der Waals surface area contributed by atoms with Crippen LogP contribution in [0.15, 0.2) is 36.5 Å². The molecular weight excluding hydrogens is 298 g/mol. The Morgan fingerprint density at radius 3 is 2.87 bits per heavy atom. The topological polar surface area (TPSA) is 36.1 Å². The fourth-order valence-electron chi connectivity index (χ4n) is 3.18. The van der Waals surface area contributed by atoms with Gasteiger partial charge in [0.25, 0.3) is 5.91 Å². The van der Waals surface area contributed by atoms with E-state index in [1.54, 1.807) is 18.3 Å². The van der Waals surface area contributed by atoms with Crippen LogP contribution in [0.1, 0.15) is 35.3 Å². The van der Waals surface area contributed by atoms with E-state index in [1.807, 2.05) is 11.0 Å². The third-order valence-corrected chi connectivity index (χ3v) is 4.46. The van der Waals surface area contributed by atoms with Crippen molar-refractivity contribution in [1.29, 1.82) is 0 Å². The van der Waals surface area contributed by atoms with Crippen molar-refractivity contribution in [1.82, 2.24) is 9.88 Å². The molecule has 1 aliphatic heterocycles. The van der Waals surface area contributed by atoms with Crippen molar-refractivity contribution < 1.29 is 13.6 Å². The Morgan fingerprint density at radius 1 is 1.26 bits per heavy atom. The monoisotopic (exact) mass is 318 g/mol. The Bertz CT molecular complexity index is 670. The number of aromatic nitrogens is 1. The molecule has 1 fully saturated rings. The van der Waals surface area contributed by atoms with Gasteiger partial charge in [0.1, 0.15) is 5.69 Å². The summed E-state index contributed by atoms with van der Waals surface area (Å²) in [4.78, 5) is 17.2. The summed E-state index contributed by atoms with van der Waals surface area (Å²) in [5.74, 6) is -1.17. The van der Waals surface area contributed by atoms with Gasteiger partial charge < -0.3 is 9.88 Å². The van der Waals surface area contributed by atoms with Crippen molar-refractivity contribution in [2.75, 3.05) is 13.1 Å². The number of amides is 1. The molecule has 1 aromatic carbocycles. The fourth-order valence-corrected chi connectivity index (χ4v) is 3.18. The van der Waals surface area contributed by atoms with Gasteiger partial charge in [-0.15, -0.1) is 0 Å². The van der Waals surface area contributed by atoms with Gasteiger partial charge in [-0.25, -0.2) is 8.78 Å². The Hall–Kier alpha value is -2.17.